The quantitative estimate of drug-likeness (QED) is 0.570. The number of benzene rings is 2. The van der Waals surface area contributed by atoms with Gasteiger partial charge in [0.15, 0.2) is 0 Å². The van der Waals surface area contributed by atoms with E-state index in [1.807, 2.05) is 13.8 Å². The van der Waals surface area contributed by atoms with Crippen molar-refractivity contribution in [2.24, 2.45) is 5.92 Å². The number of rotatable bonds is 5. The monoisotopic (exact) mass is 330 g/mol. The Labute approximate surface area is 140 Å². The van der Waals surface area contributed by atoms with Crippen molar-refractivity contribution < 1.29 is 18.3 Å². The van der Waals surface area contributed by atoms with E-state index in [0.717, 1.165) is 0 Å². The van der Waals surface area contributed by atoms with Crippen LogP contribution in [0.3, 0.4) is 0 Å². The van der Waals surface area contributed by atoms with E-state index in [0.29, 0.717) is 22.3 Å². The van der Waals surface area contributed by atoms with Gasteiger partial charge in [0.25, 0.3) is 0 Å². The second-order valence-corrected chi connectivity index (χ2v) is 5.68. The fourth-order valence-corrected chi connectivity index (χ4v) is 2.55. The number of hydrogen-bond acceptors (Lipinski definition) is 2. The molecule has 2 aromatic carbocycles. The molecular formula is C20H20F2O2. The molecule has 0 saturated carbocycles. The minimum absolute atomic E-state index is 0.117. The molecule has 126 valence electrons. The standard InChI is InChI=1S/C20H20F2O2/c1-4-24-20(23)18(13(2)3)19(14-5-9-16(21)10-6-14)15-7-11-17(22)12-8-15/h5-13H,4H2,1-3H3. The molecule has 24 heavy (non-hydrogen) atoms. The van der Waals surface area contributed by atoms with Gasteiger partial charge in [0.2, 0.25) is 0 Å². The van der Waals surface area contributed by atoms with Gasteiger partial charge in [-0.3, -0.25) is 0 Å². The summed E-state index contributed by atoms with van der Waals surface area (Å²) in [6.45, 7) is 5.78. The second-order valence-electron chi connectivity index (χ2n) is 5.68. The third-order valence-electron chi connectivity index (χ3n) is 3.61. The molecule has 0 N–H and O–H groups in total. The van der Waals surface area contributed by atoms with Gasteiger partial charge < -0.3 is 4.74 Å². The minimum atomic E-state index is -0.420. The molecule has 2 aromatic rings. The molecule has 2 nitrogen and oxygen atoms in total. The molecule has 0 unspecified atom stereocenters. The summed E-state index contributed by atoms with van der Waals surface area (Å²) in [6, 6.07) is 11.8. The Kier molecular flexibility index (Phi) is 5.85. The predicted octanol–water partition coefficient (Wildman–Crippen LogP) is 4.99. The van der Waals surface area contributed by atoms with Crippen LogP contribution in [0.1, 0.15) is 31.9 Å². The van der Waals surface area contributed by atoms with Crippen LogP contribution in [0.2, 0.25) is 0 Å². The van der Waals surface area contributed by atoms with Crippen molar-refractivity contribution in [3.05, 3.63) is 76.9 Å². The van der Waals surface area contributed by atoms with Gasteiger partial charge in [0.05, 0.1) is 6.61 Å². The third-order valence-corrected chi connectivity index (χ3v) is 3.61. The van der Waals surface area contributed by atoms with Gasteiger partial charge in [-0.25, -0.2) is 13.6 Å². The molecule has 0 aromatic heterocycles. The molecule has 0 atom stereocenters. The lowest BCUT2D eigenvalue weighted by Gasteiger charge is -2.18. The number of carbonyl (C=O) groups excluding carboxylic acids is 1. The van der Waals surface area contributed by atoms with Gasteiger partial charge >= 0.3 is 5.97 Å². The summed E-state index contributed by atoms with van der Waals surface area (Å²) in [5.74, 6) is -1.26. The zero-order chi connectivity index (χ0) is 17.7. The van der Waals surface area contributed by atoms with Gasteiger partial charge in [-0.05, 0) is 53.8 Å². The fraction of sp³-hybridized carbons (Fsp3) is 0.250. The Morgan fingerprint density at radius 3 is 1.67 bits per heavy atom. The molecule has 0 heterocycles. The first-order valence-electron chi connectivity index (χ1n) is 7.87. The molecular weight excluding hydrogens is 310 g/mol. The van der Waals surface area contributed by atoms with Crippen molar-refractivity contribution in [2.45, 2.75) is 20.8 Å². The van der Waals surface area contributed by atoms with E-state index < -0.39 is 5.97 Å². The molecule has 0 spiro atoms. The van der Waals surface area contributed by atoms with E-state index in [-0.39, 0.29) is 24.2 Å². The van der Waals surface area contributed by atoms with E-state index in [1.54, 1.807) is 31.2 Å². The van der Waals surface area contributed by atoms with E-state index in [9.17, 15) is 13.6 Å². The molecule has 4 heteroatoms. The van der Waals surface area contributed by atoms with Gasteiger partial charge in [0.1, 0.15) is 11.6 Å². The molecule has 0 amide bonds. The van der Waals surface area contributed by atoms with Crippen LogP contribution in [0.15, 0.2) is 54.1 Å². The van der Waals surface area contributed by atoms with Crippen molar-refractivity contribution in [1.82, 2.24) is 0 Å². The van der Waals surface area contributed by atoms with Crippen LogP contribution in [-0.4, -0.2) is 12.6 Å². The Morgan fingerprint density at radius 2 is 1.33 bits per heavy atom. The zero-order valence-electron chi connectivity index (χ0n) is 14.0. The molecule has 0 aliphatic rings. The van der Waals surface area contributed by atoms with Crippen LogP contribution in [0.25, 0.3) is 5.57 Å². The summed E-state index contributed by atoms with van der Waals surface area (Å²) in [6.07, 6.45) is 0. The van der Waals surface area contributed by atoms with E-state index in [1.165, 1.54) is 24.3 Å². The van der Waals surface area contributed by atoms with Crippen LogP contribution in [-0.2, 0) is 9.53 Å². The number of esters is 1. The van der Waals surface area contributed by atoms with Crippen LogP contribution in [0.4, 0.5) is 8.78 Å². The van der Waals surface area contributed by atoms with Crippen LogP contribution in [0, 0.1) is 17.6 Å². The van der Waals surface area contributed by atoms with Crippen molar-refractivity contribution in [2.75, 3.05) is 6.61 Å². The number of ether oxygens (including phenoxy) is 1. The lowest BCUT2D eigenvalue weighted by atomic mass is 9.88. The molecule has 0 fully saturated rings. The van der Waals surface area contributed by atoms with Gasteiger partial charge in [-0.2, -0.15) is 0 Å². The normalized spacial score (nSPS) is 10.6. The summed E-state index contributed by atoms with van der Waals surface area (Å²) in [5.41, 5.74) is 2.47. The Balaban J connectivity index is 2.72. The van der Waals surface area contributed by atoms with Gasteiger partial charge in [-0.1, -0.05) is 38.1 Å². The number of hydrogen-bond donors (Lipinski definition) is 0. The van der Waals surface area contributed by atoms with Crippen molar-refractivity contribution in [3.63, 3.8) is 0 Å². The van der Waals surface area contributed by atoms with Crippen molar-refractivity contribution in [1.29, 1.82) is 0 Å². The highest BCUT2D eigenvalue weighted by atomic mass is 19.1. The summed E-state index contributed by atoms with van der Waals surface area (Å²) in [4.78, 5) is 12.5. The highest BCUT2D eigenvalue weighted by Gasteiger charge is 2.22. The van der Waals surface area contributed by atoms with Crippen LogP contribution >= 0.6 is 0 Å². The Hall–Kier alpha value is -2.49. The lowest BCUT2D eigenvalue weighted by Crippen LogP contribution is -2.15. The maximum Gasteiger partial charge on any atom is 0.334 e. The van der Waals surface area contributed by atoms with Crippen LogP contribution < -0.4 is 0 Å². The highest BCUT2D eigenvalue weighted by molar-refractivity contribution is 6.02. The smallest absolute Gasteiger partial charge is 0.334 e. The first kappa shape index (κ1) is 17.9. The minimum Gasteiger partial charge on any atom is -0.463 e. The predicted molar refractivity (Wildman–Crippen MR) is 90.3 cm³/mol. The van der Waals surface area contributed by atoms with Gasteiger partial charge in [0, 0.05) is 5.57 Å². The maximum atomic E-state index is 13.3. The SMILES string of the molecule is CCOC(=O)C(=C(c1ccc(F)cc1)c1ccc(F)cc1)C(C)C. The topological polar surface area (TPSA) is 26.3 Å². The third kappa shape index (κ3) is 4.07. The maximum absolute atomic E-state index is 13.3. The second kappa shape index (κ2) is 7.86. The fourth-order valence-electron chi connectivity index (χ4n) is 2.55. The van der Waals surface area contributed by atoms with Gasteiger partial charge in [-0.15, -0.1) is 0 Å². The summed E-state index contributed by atoms with van der Waals surface area (Å²) in [7, 11) is 0. The number of carbonyl (C=O) groups is 1. The molecule has 0 radical (unpaired) electrons. The van der Waals surface area contributed by atoms with Crippen molar-refractivity contribution in [3.8, 4) is 0 Å². The Morgan fingerprint density at radius 1 is 0.917 bits per heavy atom. The zero-order valence-corrected chi connectivity index (χ0v) is 14.0. The summed E-state index contributed by atoms with van der Waals surface area (Å²) in [5, 5.41) is 0. The summed E-state index contributed by atoms with van der Waals surface area (Å²) >= 11 is 0. The summed E-state index contributed by atoms with van der Waals surface area (Å²) < 4.78 is 31.8. The largest absolute Gasteiger partial charge is 0.463 e. The molecule has 0 saturated heterocycles. The number of halogens is 2. The molecule has 0 aliphatic heterocycles. The first-order chi connectivity index (χ1) is 11.4. The van der Waals surface area contributed by atoms with E-state index in [2.05, 4.69) is 0 Å². The molecule has 0 aliphatic carbocycles. The molecule has 0 bridgehead atoms. The van der Waals surface area contributed by atoms with Crippen molar-refractivity contribution >= 4 is 11.5 Å². The highest BCUT2D eigenvalue weighted by Crippen LogP contribution is 2.31. The van der Waals surface area contributed by atoms with E-state index in [4.69, 9.17) is 4.74 Å². The lowest BCUT2D eigenvalue weighted by molar-refractivity contribution is -0.138. The van der Waals surface area contributed by atoms with E-state index >= 15 is 0 Å². The van der Waals surface area contributed by atoms with Crippen LogP contribution in [0.5, 0.6) is 0 Å². The average Bonchev–Trinajstić information content (AvgIpc) is 2.54. The molecule has 2 rings (SSSR count). The Bertz CT molecular complexity index is 682. The average molecular weight is 330 g/mol. The first-order valence-corrected chi connectivity index (χ1v) is 7.87.